The zero-order valence-electron chi connectivity index (χ0n) is 12.3. The van der Waals surface area contributed by atoms with Gasteiger partial charge in [0.2, 0.25) is 5.91 Å². The number of nitrogens with zero attached hydrogens (tertiary/aromatic N) is 1. The Labute approximate surface area is 111 Å². The molecule has 1 unspecified atom stereocenters. The first-order valence-electron chi connectivity index (χ1n) is 7.10. The summed E-state index contributed by atoms with van der Waals surface area (Å²) in [4.78, 5) is 14.5. The van der Waals surface area contributed by atoms with Crippen LogP contribution in [-0.2, 0) is 4.79 Å². The molecule has 0 bridgehead atoms. The summed E-state index contributed by atoms with van der Waals surface area (Å²) >= 11 is 0. The Morgan fingerprint density at radius 2 is 1.83 bits per heavy atom. The minimum atomic E-state index is -0.627. The zero-order valence-corrected chi connectivity index (χ0v) is 12.3. The van der Waals surface area contributed by atoms with Crippen LogP contribution in [0.5, 0.6) is 0 Å². The highest BCUT2D eigenvalue weighted by atomic mass is 16.2. The van der Waals surface area contributed by atoms with Gasteiger partial charge in [0.15, 0.2) is 0 Å². The number of amides is 1. The third kappa shape index (κ3) is 4.25. The maximum atomic E-state index is 12.4. The summed E-state index contributed by atoms with van der Waals surface area (Å²) in [6, 6.07) is 0.176. The molecular weight excluding hydrogens is 226 g/mol. The van der Waals surface area contributed by atoms with E-state index in [1.54, 1.807) is 0 Å². The summed E-state index contributed by atoms with van der Waals surface area (Å²) in [5, 5.41) is 3.15. The molecule has 1 fully saturated rings. The van der Waals surface area contributed by atoms with Crippen LogP contribution in [0.15, 0.2) is 0 Å². The van der Waals surface area contributed by atoms with Gasteiger partial charge in [-0.3, -0.25) is 4.79 Å². The molecule has 0 aromatic heterocycles. The monoisotopic (exact) mass is 255 g/mol. The van der Waals surface area contributed by atoms with Crippen molar-refractivity contribution in [3.8, 4) is 0 Å². The van der Waals surface area contributed by atoms with Gasteiger partial charge < -0.3 is 16.0 Å². The number of carbonyl (C=O) groups excluding carboxylic acids is 1. The van der Waals surface area contributed by atoms with Gasteiger partial charge in [-0.15, -0.1) is 0 Å². The van der Waals surface area contributed by atoms with Gasteiger partial charge in [-0.2, -0.15) is 0 Å². The Balaban J connectivity index is 2.59. The predicted octanol–water partition coefficient (Wildman–Crippen LogP) is 1.35. The van der Waals surface area contributed by atoms with E-state index in [1.807, 2.05) is 14.1 Å². The summed E-state index contributed by atoms with van der Waals surface area (Å²) in [5.74, 6) is 0.464. The SMILES string of the molecule is CC(C)C(CN(C)C)NC(=O)C1(N)CCCCC1. The highest BCUT2D eigenvalue weighted by Gasteiger charge is 2.36. The standard InChI is InChI=1S/C14H29N3O/c1-11(2)12(10-17(3)4)16-13(18)14(15)8-6-5-7-9-14/h11-12H,5-10,15H2,1-4H3,(H,16,18). The van der Waals surface area contributed by atoms with E-state index in [0.717, 1.165) is 32.2 Å². The Kier molecular flexibility index (Phi) is 5.60. The van der Waals surface area contributed by atoms with E-state index in [1.165, 1.54) is 6.42 Å². The van der Waals surface area contributed by atoms with Crippen molar-refractivity contribution in [3.05, 3.63) is 0 Å². The lowest BCUT2D eigenvalue weighted by Crippen LogP contribution is -2.59. The normalized spacial score (nSPS) is 21.1. The van der Waals surface area contributed by atoms with Gasteiger partial charge in [-0.25, -0.2) is 0 Å². The second kappa shape index (κ2) is 6.53. The largest absolute Gasteiger partial charge is 0.350 e. The van der Waals surface area contributed by atoms with Gasteiger partial charge >= 0.3 is 0 Å². The summed E-state index contributed by atoms with van der Waals surface area (Å²) < 4.78 is 0. The fourth-order valence-electron chi connectivity index (χ4n) is 2.54. The van der Waals surface area contributed by atoms with Crippen LogP contribution in [0.4, 0.5) is 0 Å². The van der Waals surface area contributed by atoms with Gasteiger partial charge in [-0.05, 0) is 32.9 Å². The van der Waals surface area contributed by atoms with Crippen LogP contribution in [0.1, 0.15) is 46.0 Å². The van der Waals surface area contributed by atoms with E-state index in [4.69, 9.17) is 5.73 Å². The lowest BCUT2D eigenvalue weighted by Gasteiger charge is -2.35. The average Bonchev–Trinajstić information content (AvgIpc) is 2.28. The molecule has 0 aliphatic heterocycles. The molecule has 3 N–H and O–H groups in total. The molecular formula is C14H29N3O. The second-order valence-electron chi connectivity index (χ2n) is 6.30. The predicted molar refractivity (Wildman–Crippen MR) is 75.3 cm³/mol. The maximum Gasteiger partial charge on any atom is 0.240 e. The number of nitrogens with two attached hydrogens (primary N) is 1. The fraction of sp³-hybridized carbons (Fsp3) is 0.929. The number of likely N-dealkylation sites (N-methyl/N-ethyl adjacent to an activating group) is 1. The first-order valence-corrected chi connectivity index (χ1v) is 7.10. The van der Waals surface area contributed by atoms with Gasteiger partial charge in [0.1, 0.15) is 0 Å². The number of carbonyl (C=O) groups is 1. The van der Waals surface area contributed by atoms with E-state index in [9.17, 15) is 4.79 Å². The van der Waals surface area contributed by atoms with E-state index in [-0.39, 0.29) is 11.9 Å². The van der Waals surface area contributed by atoms with Crippen molar-refractivity contribution in [1.29, 1.82) is 0 Å². The Hall–Kier alpha value is -0.610. The van der Waals surface area contributed by atoms with E-state index >= 15 is 0 Å². The Morgan fingerprint density at radius 1 is 1.28 bits per heavy atom. The summed E-state index contributed by atoms with van der Waals surface area (Å²) in [6.45, 7) is 5.14. The molecule has 1 aliphatic carbocycles. The molecule has 1 rings (SSSR count). The van der Waals surface area contributed by atoms with Crippen molar-refractivity contribution < 1.29 is 4.79 Å². The van der Waals surface area contributed by atoms with Crippen LogP contribution in [0.2, 0.25) is 0 Å². The van der Waals surface area contributed by atoms with E-state index in [2.05, 4.69) is 24.1 Å². The van der Waals surface area contributed by atoms with Crippen LogP contribution in [-0.4, -0.2) is 43.0 Å². The summed E-state index contributed by atoms with van der Waals surface area (Å²) in [7, 11) is 4.06. The van der Waals surface area contributed by atoms with Crippen LogP contribution in [0, 0.1) is 5.92 Å². The first-order chi connectivity index (χ1) is 8.35. The van der Waals surface area contributed by atoms with Crippen molar-refractivity contribution in [2.24, 2.45) is 11.7 Å². The molecule has 0 radical (unpaired) electrons. The van der Waals surface area contributed by atoms with Gasteiger partial charge in [0, 0.05) is 12.6 Å². The number of nitrogens with one attached hydrogen (secondary N) is 1. The summed E-state index contributed by atoms with van der Waals surface area (Å²) in [5.41, 5.74) is 5.63. The number of rotatable bonds is 5. The molecule has 1 aliphatic rings. The summed E-state index contributed by atoms with van der Waals surface area (Å²) in [6.07, 6.45) is 5.00. The topological polar surface area (TPSA) is 58.4 Å². The second-order valence-corrected chi connectivity index (χ2v) is 6.30. The molecule has 0 saturated heterocycles. The van der Waals surface area contributed by atoms with Gasteiger partial charge in [0.05, 0.1) is 5.54 Å². The quantitative estimate of drug-likeness (QED) is 0.779. The molecule has 0 heterocycles. The third-order valence-corrected chi connectivity index (χ3v) is 3.88. The van der Waals surface area contributed by atoms with Gasteiger partial charge in [0.25, 0.3) is 0 Å². The zero-order chi connectivity index (χ0) is 13.8. The molecule has 4 heteroatoms. The molecule has 18 heavy (non-hydrogen) atoms. The fourth-order valence-corrected chi connectivity index (χ4v) is 2.54. The van der Waals surface area contributed by atoms with Crippen molar-refractivity contribution >= 4 is 5.91 Å². The molecule has 1 amide bonds. The first kappa shape index (κ1) is 15.4. The minimum Gasteiger partial charge on any atom is -0.350 e. The highest BCUT2D eigenvalue weighted by molar-refractivity contribution is 5.86. The molecule has 0 spiro atoms. The van der Waals surface area contributed by atoms with E-state index in [0.29, 0.717) is 5.92 Å². The van der Waals surface area contributed by atoms with Crippen LogP contribution >= 0.6 is 0 Å². The van der Waals surface area contributed by atoms with E-state index < -0.39 is 5.54 Å². The molecule has 106 valence electrons. The Bertz CT molecular complexity index is 270. The molecule has 0 aromatic rings. The third-order valence-electron chi connectivity index (χ3n) is 3.88. The highest BCUT2D eigenvalue weighted by Crippen LogP contribution is 2.26. The molecule has 1 atom stereocenters. The molecule has 1 saturated carbocycles. The van der Waals surface area contributed by atoms with Crippen LogP contribution in [0.25, 0.3) is 0 Å². The number of hydrogen-bond acceptors (Lipinski definition) is 3. The van der Waals surface area contributed by atoms with Crippen molar-refractivity contribution in [2.75, 3.05) is 20.6 Å². The van der Waals surface area contributed by atoms with Crippen LogP contribution in [0.3, 0.4) is 0 Å². The smallest absolute Gasteiger partial charge is 0.240 e. The van der Waals surface area contributed by atoms with Gasteiger partial charge in [-0.1, -0.05) is 33.1 Å². The lowest BCUT2D eigenvalue weighted by molar-refractivity contribution is -0.128. The lowest BCUT2D eigenvalue weighted by atomic mass is 9.81. The van der Waals surface area contributed by atoms with Crippen molar-refractivity contribution in [3.63, 3.8) is 0 Å². The Morgan fingerprint density at radius 3 is 2.28 bits per heavy atom. The minimum absolute atomic E-state index is 0.0442. The van der Waals surface area contributed by atoms with Crippen molar-refractivity contribution in [1.82, 2.24) is 10.2 Å². The van der Waals surface area contributed by atoms with Crippen molar-refractivity contribution in [2.45, 2.75) is 57.5 Å². The molecule has 0 aromatic carbocycles. The molecule has 4 nitrogen and oxygen atoms in total. The number of hydrogen-bond donors (Lipinski definition) is 2. The van der Waals surface area contributed by atoms with Crippen LogP contribution < -0.4 is 11.1 Å². The maximum absolute atomic E-state index is 12.4. The average molecular weight is 255 g/mol.